The van der Waals surface area contributed by atoms with Gasteiger partial charge in [-0.25, -0.2) is 9.97 Å². The summed E-state index contributed by atoms with van der Waals surface area (Å²) in [5, 5.41) is 3.61. The van der Waals surface area contributed by atoms with Crippen molar-refractivity contribution in [2.24, 2.45) is 0 Å². The second-order valence-electron chi connectivity index (χ2n) is 6.90. The van der Waals surface area contributed by atoms with Gasteiger partial charge in [0.15, 0.2) is 10.1 Å². The first-order valence-corrected chi connectivity index (χ1v) is 12.4. The second kappa shape index (κ2) is 7.90. The maximum absolute atomic E-state index is 13.5. The first-order chi connectivity index (χ1) is 14.9. The number of rotatable bonds is 4. The van der Waals surface area contributed by atoms with Crippen molar-refractivity contribution in [2.75, 3.05) is 0 Å². The molecule has 1 aromatic carbocycles. The van der Waals surface area contributed by atoms with Crippen LogP contribution in [-0.2, 0) is 5.75 Å². The van der Waals surface area contributed by atoms with E-state index in [9.17, 15) is 9.59 Å². The first kappa shape index (κ1) is 20.4. The summed E-state index contributed by atoms with van der Waals surface area (Å²) in [6.45, 7) is 3.94. The molecule has 31 heavy (non-hydrogen) atoms. The van der Waals surface area contributed by atoms with Crippen molar-refractivity contribution in [2.45, 2.75) is 24.8 Å². The highest BCUT2D eigenvalue weighted by molar-refractivity contribution is 7.98. The van der Waals surface area contributed by atoms with E-state index in [4.69, 9.17) is 16.6 Å². The molecule has 0 N–H and O–H groups in total. The third-order valence-electron chi connectivity index (χ3n) is 4.96. The van der Waals surface area contributed by atoms with E-state index in [0.29, 0.717) is 37.7 Å². The lowest BCUT2D eigenvalue weighted by Gasteiger charge is -2.12. The average molecular weight is 487 g/mol. The van der Waals surface area contributed by atoms with Crippen LogP contribution in [0, 0.1) is 13.8 Å². The predicted octanol–water partition coefficient (Wildman–Crippen LogP) is 5.08. The molecule has 0 saturated heterocycles. The number of hydrogen-bond donors (Lipinski definition) is 0. The molecule has 0 aliphatic carbocycles. The van der Waals surface area contributed by atoms with Gasteiger partial charge in [-0.15, -0.1) is 22.7 Å². The largest absolute Gasteiger partial charge is 0.269 e. The number of thioether (sulfide) groups is 1. The van der Waals surface area contributed by atoms with Gasteiger partial charge in [0.05, 0.1) is 16.8 Å². The summed E-state index contributed by atoms with van der Waals surface area (Å²) in [5.74, 6) is 0.415. The molecular formula is C21H15ClN4O2S3. The van der Waals surface area contributed by atoms with Gasteiger partial charge in [0.1, 0.15) is 4.83 Å². The Morgan fingerprint density at radius 1 is 1.13 bits per heavy atom. The van der Waals surface area contributed by atoms with Crippen LogP contribution in [0.5, 0.6) is 0 Å². The molecule has 0 aliphatic rings. The van der Waals surface area contributed by atoms with E-state index in [1.54, 1.807) is 35.0 Å². The summed E-state index contributed by atoms with van der Waals surface area (Å²) in [6.07, 6.45) is 1.71. The summed E-state index contributed by atoms with van der Waals surface area (Å²) in [4.78, 5) is 37.6. The summed E-state index contributed by atoms with van der Waals surface area (Å²) < 4.78 is 3.13. The second-order valence-corrected chi connectivity index (χ2v) is 10.4. The molecular weight excluding hydrogens is 472 g/mol. The summed E-state index contributed by atoms with van der Waals surface area (Å²) in [6, 6.07) is 8.63. The molecule has 0 unspecified atom stereocenters. The number of aromatic nitrogens is 4. The van der Waals surface area contributed by atoms with Crippen LogP contribution in [0.3, 0.4) is 0 Å². The van der Waals surface area contributed by atoms with Crippen molar-refractivity contribution in [3.05, 3.63) is 83.8 Å². The highest BCUT2D eigenvalue weighted by atomic mass is 35.5. The number of thiazole rings is 1. The minimum Gasteiger partial charge on any atom is -0.269 e. The number of nitrogens with zero attached hydrogens (tertiary/aromatic N) is 4. The van der Waals surface area contributed by atoms with Crippen molar-refractivity contribution in [1.29, 1.82) is 0 Å². The molecule has 0 aliphatic heterocycles. The molecule has 0 amide bonds. The molecule has 0 atom stereocenters. The Morgan fingerprint density at radius 2 is 1.90 bits per heavy atom. The number of halogens is 1. The van der Waals surface area contributed by atoms with E-state index in [1.807, 2.05) is 19.2 Å². The molecule has 6 nitrogen and oxygen atoms in total. The third-order valence-corrected chi connectivity index (χ3v) is 8.04. The minimum atomic E-state index is -0.121. The Bertz CT molecular complexity index is 1560. The topological polar surface area (TPSA) is 69.3 Å². The van der Waals surface area contributed by atoms with Gasteiger partial charge in [-0.2, -0.15) is 0 Å². The summed E-state index contributed by atoms with van der Waals surface area (Å²) >= 11 is 10.4. The van der Waals surface area contributed by atoms with Gasteiger partial charge in [-0.05, 0) is 43.7 Å². The van der Waals surface area contributed by atoms with Gasteiger partial charge in [0.2, 0.25) is 0 Å². The smallest absolute Gasteiger partial charge is 0.267 e. The molecule has 0 bridgehead atoms. The molecule has 4 aromatic heterocycles. The van der Waals surface area contributed by atoms with Crippen LogP contribution in [0.2, 0.25) is 5.02 Å². The van der Waals surface area contributed by atoms with E-state index in [-0.39, 0.29) is 11.1 Å². The van der Waals surface area contributed by atoms with E-state index >= 15 is 0 Å². The number of benzene rings is 1. The standard InChI is InChI=1S/C21H15ClN4O2S3/c1-11-12(2)31-18-17(11)19(28)26(15-5-3-13(22)4-6-15)21(24-18)30-10-14-9-16(27)25-7-8-29-20(25)23-14/h3-9H,10H2,1-2H3. The summed E-state index contributed by atoms with van der Waals surface area (Å²) in [5.41, 5.74) is 2.06. The summed E-state index contributed by atoms with van der Waals surface area (Å²) in [7, 11) is 0. The van der Waals surface area contributed by atoms with Crippen LogP contribution in [0.4, 0.5) is 0 Å². The first-order valence-electron chi connectivity index (χ1n) is 9.29. The van der Waals surface area contributed by atoms with Crippen LogP contribution in [0.25, 0.3) is 20.9 Å². The zero-order chi connectivity index (χ0) is 21.7. The van der Waals surface area contributed by atoms with Crippen LogP contribution < -0.4 is 11.1 Å². The van der Waals surface area contributed by atoms with Crippen molar-refractivity contribution < 1.29 is 0 Å². The molecule has 5 aromatic rings. The Labute approximate surface area is 193 Å². The maximum atomic E-state index is 13.5. The fraction of sp³-hybridized carbons (Fsp3) is 0.143. The molecule has 156 valence electrons. The van der Waals surface area contributed by atoms with E-state index in [0.717, 1.165) is 15.3 Å². The average Bonchev–Trinajstić information content (AvgIpc) is 3.32. The van der Waals surface area contributed by atoms with Crippen molar-refractivity contribution >= 4 is 61.2 Å². The SMILES string of the molecule is Cc1sc2nc(SCc3cc(=O)n4ccsc4n3)n(-c3ccc(Cl)cc3)c(=O)c2c1C. The van der Waals surface area contributed by atoms with Crippen LogP contribution >= 0.6 is 46.0 Å². The normalized spacial score (nSPS) is 11.6. The lowest BCUT2D eigenvalue weighted by atomic mass is 10.2. The van der Waals surface area contributed by atoms with Gasteiger partial charge in [-0.3, -0.25) is 18.6 Å². The lowest BCUT2D eigenvalue weighted by Crippen LogP contribution is -2.21. The van der Waals surface area contributed by atoms with Gasteiger partial charge >= 0.3 is 0 Å². The van der Waals surface area contributed by atoms with Gasteiger partial charge in [0, 0.05) is 33.3 Å². The Hall–Kier alpha value is -2.46. The Morgan fingerprint density at radius 3 is 2.68 bits per heavy atom. The minimum absolute atomic E-state index is 0.113. The molecule has 0 saturated carbocycles. The fourth-order valence-corrected chi connectivity index (χ4v) is 6.13. The van der Waals surface area contributed by atoms with Crippen molar-refractivity contribution in [1.82, 2.24) is 18.9 Å². The molecule has 5 rings (SSSR count). The molecule has 0 radical (unpaired) electrons. The molecule has 10 heteroatoms. The molecule has 0 spiro atoms. The van der Waals surface area contributed by atoms with E-state index in [1.165, 1.54) is 44.9 Å². The predicted molar refractivity (Wildman–Crippen MR) is 129 cm³/mol. The number of hydrogen-bond acceptors (Lipinski definition) is 7. The van der Waals surface area contributed by atoms with Crippen molar-refractivity contribution in [3.8, 4) is 5.69 Å². The monoisotopic (exact) mass is 486 g/mol. The number of thiophene rings is 1. The van der Waals surface area contributed by atoms with Crippen molar-refractivity contribution in [3.63, 3.8) is 0 Å². The van der Waals surface area contributed by atoms with Crippen LogP contribution in [0.15, 0.2) is 56.7 Å². The van der Waals surface area contributed by atoms with Gasteiger partial charge in [0.25, 0.3) is 11.1 Å². The number of aryl methyl sites for hydroxylation is 2. The zero-order valence-corrected chi connectivity index (χ0v) is 19.7. The quantitative estimate of drug-likeness (QED) is 0.262. The van der Waals surface area contributed by atoms with Gasteiger partial charge in [-0.1, -0.05) is 23.4 Å². The molecule has 0 fully saturated rings. The Kier molecular flexibility index (Phi) is 5.21. The van der Waals surface area contributed by atoms with E-state index < -0.39 is 0 Å². The Balaban J connectivity index is 1.64. The highest BCUT2D eigenvalue weighted by Crippen LogP contribution is 2.30. The zero-order valence-electron chi connectivity index (χ0n) is 16.5. The van der Waals surface area contributed by atoms with E-state index in [2.05, 4.69) is 4.98 Å². The number of fused-ring (bicyclic) bond motifs is 2. The molecule has 4 heterocycles. The fourth-order valence-electron chi connectivity index (χ4n) is 3.29. The highest BCUT2D eigenvalue weighted by Gasteiger charge is 2.18. The lowest BCUT2D eigenvalue weighted by molar-refractivity contribution is 0.821. The van der Waals surface area contributed by atoms with Gasteiger partial charge < -0.3 is 0 Å². The third kappa shape index (κ3) is 3.61. The van der Waals surface area contributed by atoms with Crippen LogP contribution in [-0.4, -0.2) is 18.9 Å². The van der Waals surface area contributed by atoms with Crippen LogP contribution in [0.1, 0.15) is 16.1 Å². The maximum Gasteiger partial charge on any atom is 0.267 e.